The van der Waals surface area contributed by atoms with Gasteiger partial charge in [0.15, 0.2) is 5.78 Å². The Kier molecular flexibility index (Phi) is 10.6. The number of hydrogen-bond acceptors (Lipinski definition) is 3. The third-order valence-electron chi connectivity index (χ3n) is 2.53. The molecule has 4 nitrogen and oxygen atoms in total. The number of ether oxygens (including phenoxy) is 1. The number of unbranched alkanes of at least 4 members (excludes halogenated alkanes) is 1. The second-order valence-corrected chi connectivity index (χ2v) is 5.10. The minimum Gasteiger partial charge on any atom is -0.374 e. The average Bonchev–Trinajstić information content (AvgIpc) is 2.26. The van der Waals surface area contributed by atoms with E-state index < -0.39 is 0 Å². The van der Waals surface area contributed by atoms with Gasteiger partial charge in [-0.3, -0.25) is 9.59 Å². The molecule has 0 heterocycles. The lowest BCUT2D eigenvalue weighted by molar-refractivity contribution is -0.121. The molecule has 0 spiro atoms. The summed E-state index contributed by atoms with van der Waals surface area (Å²) >= 11 is 0. The molecule has 0 aliphatic heterocycles. The molecule has 0 unspecified atom stereocenters. The number of hydrogen-bond donors (Lipinski definition) is 1. The lowest BCUT2D eigenvalue weighted by atomic mass is 10.1. The molecule has 0 radical (unpaired) electrons. The molecule has 4 heteroatoms. The molecule has 0 rings (SSSR count). The molecular formula is C14H27NO3. The fourth-order valence-corrected chi connectivity index (χ4v) is 1.53. The van der Waals surface area contributed by atoms with Gasteiger partial charge >= 0.3 is 0 Å². The van der Waals surface area contributed by atoms with Gasteiger partial charge in [0.25, 0.3) is 0 Å². The van der Waals surface area contributed by atoms with Crippen LogP contribution in [0.15, 0.2) is 0 Å². The summed E-state index contributed by atoms with van der Waals surface area (Å²) in [5, 5.41) is 2.89. The van der Waals surface area contributed by atoms with Crippen LogP contribution in [0.4, 0.5) is 0 Å². The fraction of sp³-hybridized carbons (Fsp3) is 0.857. The Balaban J connectivity index is 3.22. The number of carbonyl (C=O) groups is 2. The summed E-state index contributed by atoms with van der Waals surface area (Å²) in [5.74, 6) is 0.852. The van der Waals surface area contributed by atoms with Crippen molar-refractivity contribution in [2.24, 2.45) is 5.92 Å². The van der Waals surface area contributed by atoms with Crippen molar-refractivity contribution in [2.75, 3.05) is 19.8 Å². The van der Waals surface area contributed by atoms with Crippen LogP contribution >= 0.6 is 0 Å². The van der Waals surface area contributed by atoms with E-state index in [-0.39, 0.29) is 18.3 Å². The molecule has 18 heavy (non-hydrogen) atoms. The van der Waals surface area contributed by atoms with Crippen molar-refractivity contribution >= 4 is 11.7 Å². The summed E-state index contributed by atoms with van der Waals surface area (Å²) < 4.78 is 5.13. The van der Waals surface area contributed by atoms with Gasteiger partial charge in [-0.2, -0.15) is 0 Å². The molecule has 0 saturated heterocycles. The standard InChI is InChI=1S/C14H27NO3/c1-12(2)7-6-8-14(17)15-9-4-5-10-18-11-13(3)16/h12H,4-11H2,1-3H3,(H,15,17). The Morgan fingerprint density at radius 3 is 2.50 bits per heavy atom. The molecule has 0 aromatic rings. The van der Waals surface area contributed by atoms with Gasteiger partial charge in [-0.25, -0.2) is 0 Å². The van der Waals surface area contributed by atoms with Gasteiger partial charge in [-0.15, -0.1) is 0 Å². The predicted octanol–water partition coefficient (Wildman–Crippen LogP) is 2.31. The highest BCUT2D eigenvalue weighted by atomic mass is 16.5. The fourth-order valence-electron chi connectivity index (χ4n) is 1.53. The Hall–Kier alpha value is -0.900. The highest BCUT2D eigenvalue weighted by molar-refractivity contribution is 5.76. The number of carbonyl (C=O) groups excluding carboxylic acids is 2. The summed E-state index contributed by atoms with van der Waals surface area (Å²) in [6.07, 6.45) is 4.46. The minimum atomic E-state index is 0.0495. The average molecular weight is 257 g/mol. The summed E-state index contributed by atoms with van der Waals surface area (Å²) in [6, 6.07) is 0. The van der Waals surface area contributed by atoms with E-state index in [1.165, 1.54) is 6.92 Å². The van der Waals surface area contributed by atoms with Crippen LogP contribution in [0.1, 0.15) is 52.9 Å². The number of ketones is 1. The molecule has 0 aliphatic rings. The van der Waals surface area contributed by atoms with E-state index in [0.29, 0.717) is 25.5 Å². The van der Waals surface area contributed by atoms with Crippen LogP contribution < -0.4 is 5.32 Å². The topological polar surface area (TPSA) is 55.4 Å². The largest absolute Gasteiger partial charge is 0.374 e. The maximum atomic E-state index is 11.4. The van der Waals surface area contributed by atoms with Crippen molar-refractivity contribution in [2.45, 2.75) is 52.9 Å². The summed E-state index contributed by atoms with van der Waals surface area (Å²) in [6.45, 7) is 7.32. The van der Waals surface area contributed by atoms with E-state index in [1.54, 1.807) is 0 Å². The molecule has 0 saturated carbocycles. The molecule has 0 fully saturated rings. The van der Waals surface area contributed by atoms with E-state index in [2.05, 4.69) is 19.2 Å². The summed E-state index contributed by atoms with van der Waals surface area (Å²) in [4.78, 5) is 22.0. The molecule has 0 aliphatic carbocycles. The Bertz CT molecular complexity index is 239. The zero-order valence-electron chi connectivity index (χ0n) is 12.0. The summed E-state index contributed by atoms with van der Waals surface area (Å²) in [5.41, 5.74) is 0. The molecular weight excluding hydrogens is 230 g/mol. The molecule has 106 valence electrons. The van der Waals surface area contributed by atoms with Crippen LogP contribution in [-0.4, -0.2) is 31.4 Å². The molecule has 1 N–H and O–H groups in total. The van der Waals surface area contributed by atoms with Crippen LogP contribution in [-0.2, 0) is 14.3 Å². The Morgan fingerprint density at radius 1 is 1.17 bits per heavy atom. The smallest absolute Gasteiger partial charge is 0.219 e. The van der Waals surface area contributed by atoms with Crippen LogP contribution in [0, 0.1) is 5.92 Å². The first-order valence-electron chi connectivity index (χ1n) is 6.86. The maximum Gasteiger partial charge on any atom is 0.219 e. The monoisotopic (exact) mass is 257 g/mol. The molecule has 1 amide bonds. The number of rotatable bonds is 11. The highest BCUT2D eigenvalue weighted by Gasteiger charge is 2.01. The van der Waals surface area contributed by atoms with Crippen LogP contribution in [0.2, 0.25) is 0 Å². The third kappa shape index (κ3) is 13.2. The lowest BCUT2D eigenvalue weighted by Gasteiger charge is -2.06. The first-order valence-corrected chi connectivity index (χ1v) is 6.86. The second-order valence-electron chi connectivity index (χ2n) is 5.10. The first-order chi connectivity index (χ1) is 8.52. The van der Waals surface area contributed by atoms with Gasteiger partial charge in [0, 0.05) is 19.6 Å². The van der Waals surface area contributed by atoms with Crippen molar-refractivity contribution in [1.29, 1.82) is 0 Å². The van der Waals surface area contributed by atoms with Gasteiger partial charge in [0.05, 0.1) is 0 Å². The Labute approximate surface area is 110 Å². The van der Waals surface area contributed by atoms with Crippen molar-refractivity contribution < 1.29 is 14.3 Å². The van der Waals surface area contributed by atoms with E-state index in [1.807, 2.05) is 0 Å². The van der Waals surface area contributed by atoms with E-state index >= 15 is 0 Å². The molecule has 0 aromatic carbocycles. The molecule has 0 atom stereocenters. The maximum absolute atomic E-state index is 11.4. The van der Waals surface area contributed by atoms with Crippen molar-refractivity contribution in [3.63, 3.8) is 0 Å². The van der Waals surface area contributed by atoms with Gasteiger partial charge < -0.3 is 10.1 Å². The van der Waals surface area contributed by atoms with Crippen molar-refractivity contribution in [3.8, 4) is 0 Å². The number of Topliss-reactive ketones (excluding diaryl/α,β-unsaturated/α-hetero) is 1. The second kappa shape index (κ2) is 11.2. The summed E-state index contributed by atoms with van der Waals surface area (Å²) in [7, 11) is 0. The lowest BCUT2D eigenvalue weighted by Crippen LogP contribution is -2.24. The zero-order valence-corrected chi connectivity index (χ0v) is 12.0. The molecule has 0 aromatic heterocycles. The third-order valence-corrected chi connectivity index (χ3v) is 2.53. The SMILES string of the molecule is CC(=O)COCCCCNC(=O)CCCC(C)C. The van der Waals surface area contributed by atoms with Crippen molar-refractivity contribution in [1.82, 2.24) is 5.32 Å². The van der Waals surface area contributed by atoms with Gasteiger partial charge in [-0.05, 0) is 32.1 Å². The van der Waals surface area contributed by atoms with Gasteiger partial charge in [0.1, 0.15) is 6.61 Å². The van der Waals surface area contributed by atoms with E-state index in [4.69, 9.17) is 4.74 Å². The van der Waals surface area contributed by atoms with E-state index in [9.17, 15) is 9.59 Å². The van der Waals surface area contributed by atoms with E-state index in [0.717, 1.165) is 25.7 Å². The van der Waals surface area contributed by atoms with Crippen LogP contribution in [0.3, 0.4) is 0 Å². The van der Waals surface area contributed by atoms with Crippen molar-refractivity contribution in [3.05, 3.63) is 0 Å². The highest BCUT2D eigenvalue weighted by Crippen LogP contribution is 2.05. The number of nitrogens with one attached hydrogen (secondary N) is 1. The number of amides is 1. The van der Waals surface area contributed by atoms with Gasteiger partial charge in [-0.1, -0.05) is 20.3 Å². The van der Waals surface area contributed by atoms with Gasteiger partial charge in [0.2, 0.25) is 5.91 Å². The predicted molar refractivity (Wildman–Crippen MR) is 72.4 cm³/mol. The Morgan fingerprint density at radius 2 is 1.89 bits per heavy atom. The minimum absolute atomic E-state index is 0.0495. The normalized spacial score (nSPS) is 10.7. The quantitative estimate of drug-likeness (QED) is 0.578. The molecule has 0 bridgehead atoms. The van der Waals surface area contributed by atoms with Crippen LogP contribution in [0.25, 0.3) is 0 Å². The first kappa shape index (κ1) is 17.1. The van der Waals surface area contributed by atoms with Crippen LogP contribution in [0.5, 0.6) is 0 Å². The zero-order chi connectivity index (χ0) is 13.8.